The first-order valence-electron chi connectivity index (χ1n) is 10.3. The fourth-order valence-electron chi connectivity index (χ4n) is 5.35. The van der Waals surface area contributed by atoms with Crippen LogP contribution in [0.25, 0.3) is 0 Å². The molecule has 0 radical (unpaired) electrons. The van der Waals surface area contributed by atoms with Gasteiger partial charge in [-0.05, 0) is 55.1 Å². The third-order valence-electron chi connectivity index (χ3n) is 6.90. The average Bonchev–Trinajstić information content (AvgIpc) is 3.34. The normalized spacial score (nSPS) is 28.9. The molecule has 1 aromatic rings. The molecule has 1 aromatic carbocycles. The second-order valence-corrected chi connectivity index (χ2v) is 8.63. The summed E-state index contributed by atoms with van der Waals surface area (Å²) in [7, 11) is 0. The van der Waals surface area contributed by atoms with Crippen LogP contribution in [0.1, 0.15) is 48.3 Å². The molecular weight excluding hydrogens is 431 g/mol. The van der Waals surface area contributed by atoms with Gasteiger partial charge >= 0.3 is 18.0 Å². The predicted molar refractivity (Wildman–Crippen MR) is 96.0 cm³/mol. The highest BCUT2D eigenvalue weighted by Gasteiger charge is 2.73. The molecular formula is C21H22F7NO2. The van der Waals surface area contributed by atoms with Gasteiger partial charge in [0.05, 0.1) is 12.6 Å². The van der Waals surface area contributed by atoms with Crippen molar-refractivity contribution in [3.63, 3.8) is 0 Å². The molecule has 4 rings (SSSR count). The molecule has 0 bridgehead atoms. The van der Waals surface area contributed by atoms with Gasteiger partial charge in [-0.2, -0.15) is 26.3 Å². The van der Waals surface area contributed by atoms with E-state index < -0.39 is 23.6 Å². The number of benzene rings is 1. The number of hydrogen-bond donors (Lipinski definition) is 1. The Bertz CT molecular complexity index is 831. The van der Waals surface area contributed by atoms with Crippen LogP contribution in [0, 0.1) is 11.8 Å². The lowest BCUT2D eigenvalue weighted by Gasteiger charge is -2.34. The molecule has 2 aliphatic carbocycles. The zero-order valence-corrected chi connectivity index (χ0v) is 16.5. The van der Waals surface area contributed by atoms with Gasteiger partial charge in [-0.3, -0.25) is 4.79 Å². The van der Waals surface area contributed by atoms with Gasteiger partial charge in [0.2, 0.25) is 5.91 Å². The number of amides is 1. The Morgan fingerprint density at radius 1 is 0.968 bits per heavy atom. The third-order valence-corrected chi connectivity index (χ3v) is 6.90. The van der Waals surface area contributed by atoms with Crippen LogP contribution in [0.4, 0.5) is 30.7 Å². The molecule has 3 nitrogen and oxygen atoms in total. The standard InChI is InChI=1S/C21H22F7NO2/c22-19(20(23,24)25,21(26,27)28)12-2-4-14-11(9-12)1-3-16-15(14)5-6-17(16)18(30)29-13-7-8-31-10-13/h2,4,9,13,15-17H,1,3,5-8,10H2,(H,29,30)/t13?,15?,16?,17-/m1/s1. The molecule has 1 heterocycles. The number of rotatable bonds is 3. The Labute approximate surface area is 174 Å². The zero-order chi connectivity index (χ0) is 22.6. The van der Waals surface area contributed by atoms with E-state index in [2.05, 4.69) is 5.32 Å². The topological polar surface area (TPSA) is 38.3 Å². The Hall–Kier alpha value is -1.84. The van der Waals surface area contributed by atoms with Crippen molar-refractivity contribution in [2.45, 2.75) is 62.1 Å². The van der Waals surface area contributed by atoms with Crippen molar-refractivity contribution in [2.24, 2.45) is 11.8 Å². The van der Waals surface area contributed by atoms with Gasteiger partial charge in [0.15, 0.2) is 0 Å². The number of carbonyl (C=O) groups is 1. The summed E-state index contributed by atoms with van der Waals surface area (Å²) >= 11 is 0. The lowest BCUT2D eigenvalue weighted by atomic mass is 9.73. The molecule has 10 heteroatoms. The molecule has 172 valence electrons. The lowest BCUT2D eigenvalue weighted by Crippen LogP contribution is -2.50. The summed E-state index contributed by atoms with van der Waals surface area (Å²) in [5.41, 5.74) is -5.96. The summed E-state index contributed by atoms with van der Waals surface area (Å²) in [4.78, 5) is 12.7. The third kappa shape index (κ3) is 3.70. The number of aryl methyl sites for hydroxylation is 1. The number of nitrogens with one attached hydrogen (secondary N) is 1. The van der Waals surface area contributed by atoms with Crippen molar-refractivity contribution in [3.8, 4) is 0 Å². The van der Waals surface area contributed by atoms with Crippen LogP contribution in [0.5, 0.6) is 0 Å². The van der Waals surface area contributed by atoms with Gasteiger partial charge in [-0.15, -0.1) is 0 Å². The number of alkyl halides is 7. The molecule has 3 unspecified atom stereocenters. The Morgan fingerprint density at radius 3 is 2.29 bits per heavy atom. The van der Waals surface area contributed by atoms with E-state index in [1.54, 1.807) is 0 Å². The number of halogens is 7. The second kappa shape index (κ2) is 7.64. The van der Waals surface area contributed by atoms with E-state index in [0.29, 0.717) is 55.7 Å². The van der Waals surface area contributed by atoms with Crippen LogP contribution in [-0.4, -0.2) is 37.5 Å². The van der Waals surface area contributed by atoms with E-state index in [0.717, 1.165) is 6.42 Å². The first-order valence-corrected chi connectivity index (χ1v) is 10.3. The molecule has 1 saturated carbocycles. The fourth-order valence-corrected chi connectivity index (χ4v) is 5.35. The number of ether oxygens (including phenoxy) is 1. The SMILES string of the molecule is O=C(NC1CCOC1)[C@@H]1CCC2c3ccc(C(F)(C(F)(F)F)C(F)(F)F)cc3CCC21. The van der Waals surface area contributed by atoms with Crippen LogP contribution < -0.4 is 5.32 Å². The van der Waals surface area contributed by atoms with Crippen LogP contribution in [-0.2, 0) is 21.6 Å². The summed E-state index contributed by atoms with van der Waals surface area (Å²) in [5, 5.41) is 2.98. The highest BCUT2D eigenvalue weighted by atomic mass is 19.4. The van der Waals surface area contributed by atoms with E-state index in [9.17, 15) is 35.5 Å². The van der Waals surface area contributed by atoms with Gasteiger partial charge in [-0.25, -0.2) is 4.39 Å². The highest BCUT2D eigenvalue weighted by Crippen LogP contribution is 2.55. The number of fused-ring (bicyclic) bond motifs is 3. The summed E-state index contributed by atoms with van der Waals surface area (Å²) in [6.45, 7) is 1.05. The molecule has 0 spiro atoms. The van der Waals surface area contributed by atoms with Crippen LogP contribution in [0.15, 0.2) is 18.2 Å². The molecule has 2 fully saturated rings. The molecule has 3 aliphatic rings. The lowest BCUT2D eigenvalue weighted by molar-refractivity contribution is -0.348. The number of hydrogen-bond acceptors (Lipinski definition) is 2. The van der Waals surface area contributed by atoms with E-state index in [1.807, 2.05) is 0 Å². The molecule has 1 N–H and O–H groups in total. The van der Waals surface area contributed by atoms with Gasteiger partial charge in [0.1, 0.15) is 0 Å². The van der Waals surface area contributed by atoms with Crippen LogP contribution >= 0.6 is 0 Å². The quantitative estimate of drug-likeness (QED) is 0.659. The second-order valence-electron chi connectivity index (χ2n) is 8.63. The summed E-state index contributed by atoms with van der Waals surface area (Å²) < 4.78 is 98.2. The maximum Gasteiger partial charge on any atom is 0.435 e. The Kier molecular flexibility index (Phi) is 5.51. The first kappa shape index (κ1) is 22.4. The molecule has 1 aliphatic heterocycles. The van der Waals surface area contributed by atoms with Crippen molar-refractivity contribution in [1.29, 1.82) is 0 Å². The fraction of sp³-hybridized carbons (Fsp3) is 0.667. The minimum atomic E-state index is -6.13. The molecule has 0 aromatic heterocycles. The van der Waals surface area contributed by atoms with Gasteiger partial charge < -0.3 is 10.1 Å². The summed E-state index contributed by atoms with van der Waals surface area (Å²) in [6.07, 6.45) is -9.66. The maximum atomic E-state index is 14.4. The van der Waals surface area contributed by atoms with E-state index in [1.165, 1.54) is 6.07 Å². The van der Waals surface area contributed by atoms with Crippen molar-refractivity contribution >= 4 is 5.91 Å². The summed E-state index contributed by atoms with van der Waals surface area (Å²) in [6, 6.07) is 2.44. The molecule has 1 amide bonds. The Morgan fingerprint density at radius 2 is 1.68 bits per heavy atom. The number of carbonyl (C=O) groups excluding carboxylic acids is 1. The minimum Gasteiger partial charge on any atom is -0.379 e. The van der Waals surface area contributed by atoms with Crippen molar-refractivity contribution in [2.75, 3.05) is 13.2 Å². The average molecular weight is 453 g/mol. The highest BCUT2D eigenvalue weighted by molar-refractivity contribution is 5.80. The largest absolute Gasteiger partial charge is 0.435 e. The first-order chi connectivity index (χ1) is 14.4. The molecule has 31 heavy (non-hydrogen) atoms. The van der Waals surface area contributed by atoms with Crippen molar-refractivity contribution in [1.82, 2.24) is 5.32 Å². The minimum absolute atomic E-state index is 0.0348. The van der Waals surface area contributed by atoms with E-state index >= 15 is 0 Å². The Balaban J connectivity index is 1.58. The van der Waals surface area contributed by atoms with Gasteiger partial charge in [-0.1, -0.05) is 18.2 Å². The van der Waals surface area contributed by atoms with Crippen molar-refractivity contribution in [3.05, 3.63) is 34.9 Å². The maximum absolute atomic E-state index is 14.4. The van der Waals surface area contributed by atoms with Gasteiger partial charge in [0.25, 0.3) is 0 Å². The van der Waals surface area contributed by atoms with Crippen LogP contribution in [0.3, 0.4) is 0 Å². The van der Waals surface area contributed by atoms with Crippen LogP contribution in [0.2, 0.25) is 0 Å². The van der Waals surface area contributed by atoms with Crippen molar-refractivity contribution < 1.29 is 40.3 Å². The monoisotopic (exact) mass is 453 g/mol. The van der Waals surface area contributed by atoms with E-state index in [-0.39, 0.29) is 36.1 Å². The smallest absolute Gasteiger partial charge is 0.379 e. The molecule has 4 atom stereocenters. The van der Waals surface area contributed by atoms with E-state index in [4.69, 9.17) is 4.74 Å². The molecule has 1 saturated heterocycles. The zero-order valence-electron chi connectivity index (χ0n) is 16.5. The predicted octanol–water partition coefficient (Wildman–Crippen LogP) is 4.94. The van der Waals surface area contributed by atoms with Gasteiger partial charge in [0, 0.05) is 18.1 Å². The summed E-state index contributed by atoms with van der Waals surface area (Å²) in [5.74, 6) is -0.524.